The standard InChI is InChI=1S/C23H30FN5O2.HI/c1-3-25-23(27-11-10-26-22(31)18-9-8-17(2)19(24)16-18)29-14-12-28(13-15-29)20-6-4-5-7-21(20)30;/h4-9,16,30H,3,10-15H2,1-2H3,(H,25,27)(H,26,31);1H. The number of hydrogen-bond acceptors (Lipinski definition) is 4. The van der Waals surface area contributed by atoms with Crippen molar-refractivity contribution in [2.45, 2.75) is 13.8 Å². The van der Waals surface area contributed by atoms with Gasteiger partial charge >= 0.3 is 0 Å². The Morgan fingerprint density at radius 2 is 1.84 bits per heavy atom. The lowest BCUT2D eigenvalue weighted by atomic mass is 10.1. The summed E-state index contributed by atoms with van der Waals surface area (Å²) in [5, 5.41) is 16.2. The van der Waals surface area contributed by atoms with E-state index in [1.54, 1.807) is 25.1 Å². The molecule has 2 aromatic carbocycles. The zero-order valence-electron chi connectivity index (χ0n) is 18.5. The molecule has 7 nitrogen and oxygen atoms in total. The molecule has 1 fully saturated rings. The predicted molar refractivity (Wildman–Crippen MR) is 137 cm³/mol. The van der Waals surface area contributed by atoms with Crippen molar-refractivity contribution >= 4 is 41.5 Å². The number of anilines is 1. The molecule has 0 atom stereocenters. The number of aliphatic imine (C=N–C) groups is 1. The molecular weight excluding hydrogens is 524 g/mol. The minimum Gasteiger partial charge on any atom is -0.506 e. The number of halogens is 2. The molecule has 1 saturated heterocycles. The molecule has 0 bridgehead atoms. The molecule has 0 unspecified atom stereocenters. The van der Waals surface area contributed by atoms with Crippen molar-refractivity contribution in [3.63, 3.8) is 0 Å². The molecule has 3 rings (SSSR count). The summed E-state index contributed by atoms with van der Waals surface area (Å²) in [5.41, 5.74) is 1.66. The van der Waals surface area contributed by atoms with Gasteiger partial charge in [-0.1, -0.05) is 18.2 Å². The first kappa shape index (κ1) is 25.7. The minimum atomic E-state index is -0.386. The number of nitrogens with zero attached hydrogens (tertiary/aromatic N) is 3. The maximum atomic E-state index is 13.6. The van der Waals surface area contributed by atoms with E-state index < -0.39 is 0 Å². The van der Waals surface area contributed by atoms with Crippen LogP contribution in [0.25, 0.3) is 0 Å². The number of aryl methyl sites for hydroxylation is 1. The van der Waals surface area contributed by atoms with Gasteiger partial charge in [0.05, 0.1) is 12.2 Å². The number of carbonyl (C=O) groups is 1. The third kappa shape index (κ3) is 6.72. The maximum Gasteiger partial charge on any atom is 0.251 e. The molecule has 174 valence electrons. The van der Waals surface area contributed by atoms with Gasteiger partial charge < -0.3 is 25.5 Å². The van der Waals surface area contributed by atoms with Gasteiger partial charge in [0.15, 0.2) is 5.96 Å². The lowest BCUT2D eigenvalue weighted by Crippen LogP contribution is -2.52. The summed E-state index contributed by atoms with van der Waals surface area (Å²) in [4.78, 5) is 21.2. The minimum absolute atomic E-state index is 0. The summed E-state index contributed by atoms with van der Waals surface area (Å²) in [7, 11) is 0. The van der Waals surface area contributed by atoms with Crippen molar-refractivity contribution in [3.8, 4) is 5.75 Å². The highest BCUT2D eigenvalue weighted by atomic mass is 127. The first-order valence-corrected chi connectivity index (χ1v) is 10.6. The molecule has 0 saturated carbocycles. The SMILES string of the molecule is CCNC(=NCCNC(=O)c1ccc(C)c(F)c1)N1CCN(c2ccccc2O)CC1.I. The Bertz CT molecular complexity index is 932. The Kier molecular flexibility index (Phi) is 10.0. The molecular formula is C23H31FIN5O2. The quantitative estimate of drug-likeness (QED) is 0.221. The Morgan fingerprint density at radius 1 is 1.12 bits per heavy atom. The number of hydrogen-bond donors (Lipinski definition) is 3. The summed E-state index contributed by atoms with van der Waals surface area (Å²) in [6, 6.07) is 11.8. The third-order valence-electron chi connectivity index (χ3n) is 5.23. The topological polar surface area (TPSA) is 80.2 Å². The fourth-order valence-corrected chi connectivity index (χ4v) is 3.48. The Hall–Kier alpha value is -2.56. The third-order valence-corrected chi connectivity index (χ3v) is 5.23. The van der Waals surface area contributed by atoms with Crippen LogP contribution in [0, 0.1) is 12.7 Å². The summed E-state index contributed by atoms with van der Waals surface area (Å²) >= 11 is 0. The van der Waals surface area contributed by atoms with Gasteiger partial charge in [0.1, 0.15) is 11.6 Å². The number of para-hydroxylation sites is 2. The molecule has 3 N–H and O–H groups in total. The predicted octanol–water partition coefficient (Wildman–Crippen LogP) is 2.98. The van der Waals surface area contributed by atoms with Crippen LogP contribution in [0.2, 0.25) is 0 Å². The largest absolute Gasteiger partial charge is 0.506 e. The first-order valence-electron chi connectivity index (χ1n) is 10.6. The number of benzene rings is 2. The molecule has 1 amide bonds. The van der Waals surface area contributed by atoms with E-state index in [1.807, 2.05) is 25.1 Å². The van der Waals surface area contributed by atoms with Gasteiger partial charge in [-0.15, -0.1) is 24.0 Å². The molecule has 1 aliphatic heterocycles. The highest BCUT2D eigenvalue weighted by molar-refractivity contribution is 14.0. The molecule has 0 spiro atoms. The van der Waals surface area contributed by atoms with Gasteiger partial charge in [-0.25, -0.2) is 4.39 Å². The number of nitrogens with one attached hydrogen (secondary N) is 2. The second-order valence-electron chi connectivity index (χ2n) is 7.42. The fraction of sp³-hybridized carbons (Fsp3) is 0.391. The Morgan fingerprint density at radius 3 is 2.50 bits per heavy atom. The number of piperazine rings is 1. The van der Waals surface area contributed by atoms with Crippen LogP contribution in [0.3, 0.4) is 0 Å². The lowest BCUT2D eigenvalue weighted by Gasteiger charge is -2.37. The van der Waals surface area contributed by atoms with Gasteiger partial charge in [0.25, 0.3) is 5.91 Å². The number of phenolic OH excluding ortho intramolecular Hbond substituents is 1. The van der Waals surface area contributed by atoms with Crippen LogP contribution >= 0.6 is 24.0 Å². The normalized spacial score (nSPS) is 14.0. The molecule has 1 heterocycles. The van der Waals surface area contributed by atoms with Crippen LogP contribution in [-0.4, -0.2) is 67.7 Å². The summed E-state index contributed by atoms with van der Waals surface area (Å²) in [6.07, 6.45) is 0. The van der Waals surface area contributed by atoms with Crippen LogP contribution in [-0.2, 0) is 0 Å². The van der Waals surface area contributed by atoms with Gasteiger partial charge in [-0.05, 0) is 43.7 Å². The van der Waals surface area contributed by atoms with E-state index in [-0.39, 0.29) is 35.7 Å². The van der Waals surface area contributed by atoms with Gasteiger partial charge in [0.2, 0.25) is 0 Å². The van der Waals surface area contributed by atoms with Gasteiger partial charge in [-0.3, -0.25) is 9.79 Å². The van der Waals surface area contributed by atoms with Crippen molar-refractivity contribution in [3.05, 3.63) is 59.4 Å². The molecule has 0 radical (unpaired) electrons. The molecule has 1 aliphatic rings. The van der Waals surface area contributed by atoms with Crippen LogP contribution in [0.5, 0.6) is 5.75 Å². The van der Waals surface area contributed by atoms with E-state index in [0.29, 0.717) is 30.0 Å². The number of carbonyl (C=O) groups excluding carboxylic acids is 1. The number of aromatic hydroxyl groups is 1. The van der Waals surface area contributed by atoms with E-state index >= 15 is 0 Å². The van der Waals surface area contributed by atoms with Crippen molar-refractivity contribution in [2.75, 3.05) is 50.7 Å². The molecule has 2 aromatic rings. The van der Waals surface area contributed by atoms with E-state index in [0.717, 1.165) is 44.4 Å². The second kappa shape index (κ2) is 12.5. The van der Waals surface area contributed by atoms with Crippen molar-refractivity contribution in [1.82, 2.24) is 15.5 Å². The number of phenols is 1. The summed E-state index contributed by atoms with van der Waals surface area (Å²) in [6.45, 7) is 8.30. The van der Waals surface area contributed by atoms with Gasteiger partial charge in [0, 0.05) is 44.8 Å². The number of rotatable bonds is 6. The fourth-order valence-electron chi connectivity index (χ4n) is 3.48. The zero-order valence-corrected chi connectivity index (χ0v) is 20.8. The van der Waals surface area contributed by atoms with Crippen molar-refractivity contribution < 1.29 is 14.3 Å². The molecule has 0 aliphatic carbocycles. The number of amides is 1. The van der Waals surface area contributed by atoms with Crippen molar-refractivity contribution in [2.24, 2.45) is 4.99 Å². The summed E-state index contributed by atoms with van der Waals surface area (Å²) < 4.78 is 13.6. The zero-order chi connectivity index (χ0) is 22.2. The first-order chi connectivity index (χ1) is 15.0. The monoisotopic (exact) mass is 555 g/mol. The summed E-state index contributed by atoms with van der Waals surface area (Å²) in [5.74, 6) is 0.397. The van der Waals surface area contributed by atoms with Crippen LogP contribution in [0.1, 0.15) is 22.8 Å². The maximum absolute atomic E-state index is 13.6. The Balaban J connectivity index is 0.00000363. The van der Waals surface area contributed by atoms with E-state index in [2.05, 4.69) is 25.4 Å². The molecule has 32 heavy (non-hydrogen) atoms. The van der Waals surface area contributed by atoms with E-state index in [1.165, 1.54) is 6.07 Å². The van der Waals surface area contributed by atoms with Crippen molar-refractivity contribution in [1.29, 1.82) is 0 Å². The highest BCUT2D eigenvalue weighted by Crippen LogP contribution is 2.27. The van der Waals surface area contributed by atoms with E-state index in [9.17, 15) is 14.3 Å². The number of guanidine groups is 1. The Labute approximate surface area is 205 Å². The molecule has 9 heteroatoms. The average Bonchev–Trinajstić information content (AvgIpc) is 2.78. The highest BCUT2D eigenvalue weighted by Gasteiger charge is 2.21. The second-order valence-corrected chi connectivity index (χ2v) is 7.42. The van der Waals surface area contributed by atoms with Crippen LogP contribution < -0.4 is 15.5 Å². The molecule has 0 aromatic heterocycles. The van der Waals surface area contributed by atoms with Crippen LogP contribution in [0.15, 0.2) is 47.5 Å². The van der Waals surface area contributed by atoms with Gasteiger partial charge in [-0.2, -0.15) is 0 Å². The average molecular weight is 555 g/mol. The van der Waals surface area contributed by atoms with E-state index in [4.69, 9.17) is 0 Å². The van der Waals surface area contributed by atoms with Crippen LogP contribution in [0.4, 0.5) is 10.1 Å². The lowest BCUT2D eigenvalue weighted by molar-refractivity contribution is 0.0954. The smallest absolute Gasteiger partial charge is 0.251 e.